The van der Waals surface area contributed by atoms with Crippen molar-refractivity contribution in [1.82, 2.24) is 0 Å². The summed E-state index contributed by atoms with van der Waals surface area (Å²) in [4.78, 5) is 22.9. The largest absolute Gasteiger partial charge is 0.480 e. The molecule has 0 heterocycles. The quantitative estimate of drug-likeness (QED) is 0.692. The maximum absolute atomic E-state index is 11.5. The van der Waals surface area contributed by atoms with Crippen molar-refractivity contribution < 1.29 is 14.7 Å². The lowest BCUT2D eigenvalue weighted by Crippen LogP contribution is -2.41. The number of aliphatic carboxylic acids is 1. The second-order valence-electron chi connectivity index (χ2n) is 3.64. The molecule has 0 aliphatic rings. The van der Waals surface area contributed by atoms with Crippen LogP contribution in [-0.4, -0.2) is 17.0 Å². The van der Waals surface area contributed by atoms with Crippen molar-refractivity contribution in [2.24, 2.45) is 17.1 Å². The van der Waals surface area contributed by atoms with Crippen molar-refractivity contribution in [3.63, 3.8) is 0 Å². The normalized spacial score (nSPS) is 17.6. The summed E-state index contributed by atoms with van der Waals surface area (Å²) in [6, 6.07) is 0. The Hall–Kier alpha value is -1.84. The second kappa shape index (κ2) is 6.68. The molecule has 0 saturated heterocycles. The monoisotopic (exact) mass is 237 g/mol. The maximum Gasteiger partial charge on any atom is 0.318 e. The van der Waals surface area contributed by atoms with Crippen LogP contribution in [0.5, 0.6) is 0 Å². The fourth-order valence-corrected chi connectivity index (χ4v) is 1.77. The van der Waals surface area contributed by atoms with Crippen LogP contribution in [0.15, 0.2) is 36.5 Å². The van der Waals surface area contributed by atoms with Gasteiger partial charge in [0.15, 0.2) is 0 Å². The number of carbonyl (C=O) groups excluding carboxylic acids is 1. The first-order valence-electron chi connectivity index (χ1n) is 5.39. The zero-order valence-corrected chi connectivity index (χ0v) is 10.4. The van der Waals surface area contributed by atoms with E-state index in [1.165, 1.54) is 18.2 Å². The number of allylic oxidation sites excluding steroid dienone is 3. The lowest BCUT2D eigenvalue weighted by atomic mass is 9.74. The molecule has 4 heteroatoms. The molecule has 0 bridgehead atoms. The van der Waals surface area contributed by atoms with Crippen LogP contribution in [0.2, 0.25) is 0 Å². The number of rotatable bonds is 6. The Morgan fingerprint density at radius 3 is 1.82 bits per heavy atom. The van der Waals surface area contributed by atoms with Gasteiger partial charge in [0, 0.05) is 0 Å². The molecule has 4 nitrogen and oxygen atoms in total. The van der Waals surface area contributed by atoms with Crippen LogP contribution < -0.4 is 5.73 Å². The van der Waals surface area contributed by atoms with E-state index in [0.29, 0.717) is 0 Å². The predicted molar refractivity (Wildman–Crippen MR) is 67.2 cm³/mol. The molecule has 17 heavy (non-hydrogen) atoms. The highest BCUT2D eigenvalue weighted by Gasteiger charge is 2.43. The third kappa shape index (κ3) is 3.31. The second-order valence-corrected chi connectivity index (χ2v) is 3.64. The third-order valence-electron chi connectivity index (χ3n) is 2.46. The number of hydrogen-bond acceptors (Lipinski definition) is 2. The summed E-state index contributed by atoms with van der Waals surface area (Å²) in [7, 11) is 0. The fourth-order valence-electron chi connectivity index (χ4n) is 1.77. The molecule has 1 unspecified atom stereocenters. The first kappa shape index (κ1) is 15.2. The number of carbonyl (C=O) groups is 2. The Morgan fingerprint density at radius 1 is 1.12 bits per heavy atom. The van der Waals surface area contributed by atoms with Gasteiger partial charge in [-0.05, 0) is 20.8 Å². The van der Waals surface area contributed by atoms with E-state index in [4.69, 9.17) is 5.73 Å². The number of carboxylic acids is 1. The standard InChI is InChI=1S/C13H19NO3/c1-4-7-10(11(14)15)13(8-5-2,9-6-3)12(16)17/h4-10H,1-3H3,(H2,14,15)(H,16,17). The molecule has 0 aromatic heterocycles. The van der Waals surface area contributed by atoms with Gasteiger partial charge in [-0.15, -0.1) is 0 Å². The van der Waals surface area contributed by atoms with E-state index in [1.54, 1.807) is 39.0 Å². The highest BCUT2D eigenvalue weighted by atomic mass is 16.4. The Kier molecular flexibility index (Phi) is 5.96. The Bertz CT molecular complexity index is 355. The van der Waals surface area contributed by atoms with Crippen LogP contribution in [0, 0.1) is 11.3 Å². The molecule has 0 aliphatic carbocycles. The van der Waals surface area contributed by atoms with E-state index in [2.05, 4.69) is 0 Å². The topological polar surface area (TPSA) is 80.4 Å². The SMILES string of the molecule is CC=CC(C(N)=O)C(C=CC)(C=CC)C(=O)O. The highest BCUT2D eigenvalue weighted by molar-refractivity contribution is 5.90. The van der Waals surface area contributed by atoms with Gasteiger partial charge in [0.25, 0.3) is 0 Å². The molecule has 3 N–H and O–H groups in total. The van der Waals surface area contributed by atoms with Crippen LogP contribution in [0.25, 0.3) is 0 Å². The van der Waals surface area contributed by atoms with E-state index in [0.717, 1.165) is 0 Å². The van der Waals surface area contributed by atoms with Crippen LogP contribution >= 0.6 is 0 Å². The zero-order valence-electron chi connectivity index (χ0n) is 10.4. The van der Waals surface area contributed by atoms with Gasteiger partial charge < -0.3 is 10.8 Å². The molecule has 1 amide bonds. The molecule has 0 aliphatic heterocycles. The number of nitrogens with two attached hydrogens (primary N) is 1. The molecule has 0 radical (unpaired) electrons. The Labute approximate surface area is 102 Å². The van der Waals surface area contributed by atoms with Crippen molar-refractivity contribution >= 4 is 11.9 Å². The van der Waals surface area contributed by atoms with E-state index in [1.807, 2.05) is 0 Å². The maximum atomic E-state index is 11.5. The average Bonchev–Trinajstić information content (AvgIpc) is 2.24. The summed E-state index contributed by atoms with van der Waals surface area (Å²) in [5, 5.41) is 9.39. The molecule has 0 fully saturated rings. The van der Waals surface area contributed by atoms with E-state index >= 15 is 0 Å². The molecule has 94 valence electrons. The van der Waals surface area contributed by atoms with Gasteiger partial charge in [-0.2, -0.15) is 0 Å². The first-order chi connectivity index (χ1) is 7.96. The van der Waals surface area contributed by atoms with Gasteiger partial charge in [-0.25, -0.2) is 0 Å². The van der Waals surface area contributed by atoms with Crippen LogP contribution in [0.1, 0.15) is 20.8 Å². The number of primary amides is 1. The molecule has 1 atom stereocenters. The minimum atomic E-state index is -1.41. The lowest BCUT2D eigenvalue weighted by molar-refractivity contribution is -0.147. The van der Waals surface area contributed by atoms with Gasteiger partial charge in [0.05, 0.1) is 5.92 Å². The number of hydrogen-bond donors (Lipinski definition) is 2. The van der Waals surface area contributed by atoms with E-state index in [9.17, 15) is 14.7 Å². The third-order valence-corrected chi connectivity index (χ3v) is 2.46. The van der Waals surface area contributed by atoms with Crippen molar-refractivity contribution in [2.75, 3.05) is 0 Å². The first-order valence-corrected chi connectivity index (χ1v) is 5.39. The molecule has 0 rings (SSSR count). The van der Waals surface area contributed by atoms with Gasteiger partial charge >= 0.3 is 5.97 Å². The molecular weight excluding hydrogens is 218 g/mol. The molecule has 0 saturated carbocycles. The van der Waals surface area contributed by atoms with Gasteiger partial charge in [-0.1, -0.05) is 36.5 Å². The van der Waals surface area contributed by atoms with Gasteiger partial charge in [-0.3, -0.25) is 9.59 Å². The summed E-state index contributed by atoms with van der Waals surface area (Å²) < 4.78 is 0. The highest BCUT2D eigenvalue weighted by Crippen LogP contribution is 2.33. The van der Waals surface area contributed by atoms with E-state index in [-0.39, 0.29) is 0 Å². The van der Waals surface area contributed by atoms with Crippen molar-refractivity contribution in [3.8, 4) is 0 Å². The molecule has 0 aromatic rings. The van der Waals surface area contributed by atoms with Crippen molar-refractivity contribution in [3.05, 3.63) is 36.5 Å². The average molecular weight is 237 g/mol. The number of carboxylic acid groups (broad SMARTS) is 1. The predicted octanol–water partition coefficient (Wildman–Crippen LogP) is 1.89. The molecule has 0 spiro atoms. The van der Waals surface area contributed by atoms with Crippen LogP contribution in [0.4, 0.5) is 0 Å². The Morgan fingerprint density at radius 2 is 1.59 bits per heavy atom. The number of amides is 1. The van der Waals surface area contributed by atoms with Crippen molar-refractivity contribution in [1.29, 1.82) is 0 Å². The van der Waals surface area contributed by atoms with Gasteiger partial charge in [0.2, 0.25) is 5.91 Å². The van der Waals surface area contributed by atoms with Gasteiger partial charge in [0.1, 0.15) is 5.41 Å². The summed E-state index contributed by atoms with van der Waals surface area (Å²) in [6.07, 6.45) is 9.30. The van der Waals surface area contributed by atoms with Crippen LogP contribution in [-0.2, 0) is 9.59 Å². The van der Waals surface area contributed by atoms with E-state index < -0.39 is 23.2 Å². The molecule has 0 aromatic carbocycles. The fraction of sp³-hybridized carbons (Fsp3) is 0.385. The van der Waals surface area contributed by atoms with Crippen LogP contribution in [0.3, 0.4) is 0 Å². The van der Waals surface area contributed by atoms with Crippen molar-refractivity contribution in [2.45, 2.75) is 20.8 Å². The summed E-state index contributed by atoms with van der Waals surface area (Å²) in [5.74, 6) is -2.67. The molecular formula is C13H19NO3. The Balaban J connectivity index is 5.85. The lowest BCUT2D eigenvalue weighted by Gasteiger charge is -2.28. The summed E-state index contributed by atoms with van der Waals surface area (Å²) >= 11 is 0. The zero-order chi connectivity index (χ0) is 13.5. The minimum absolute atomic E-state index is 0.665. The summed E-state index contributed by atoms with van der Waals surface area (Å²) in [6.45, 7) is 5.12. The summed E-state index contributed by atoms with van der Waals surface area (Å²) in [5.41, 5.74) is 3.87. The smallest absolute Gasteiger partial charge is 0.318 e. The minimum Gasteiger partial charge on any atom is -0.480 e.